The molecule has 1 atom stereocenters. The zero-order chi connectivity index (χ0) is 14.5. The van der Waals surface area contributed by atoms with E-state index in [1.807, 2.05) is 6.92 Å². The Hall–Kier alpha value is -1.34. The largest absolute Gasteiger partial charge is 0.385 e. The van der Waals surface area contributed by atoms with Crippen molar-refractivity contribution in [3.63, 3.8) is 0 Å². The van der Waals surface area contributed by atoms with Gasteiger partial charge in [-0.15, -0.1) is 0 Å². The summed E-state index contributed by atoms with van der Waals surface area (Å²) in [5.41, 5.74) is 0.586. The van der Waals surface area contributed by atoms with Gasteiger partial charge in [-0.05, 0) is 24.1 Å². The number of nitrogens with one attached hydrogen (secondary N) is 2. The minimum atomic E-state index is -3.49. The molecule has 1 aromatic carbocycles. The number of hydrogen-bond acceptors (Lipinski definition) is 4. The normalized spacial score (nSPS) is 13.1. The van der Waals surface area contributed by atoms with Crippen molar-refractivity contribution in [2.45, 2.75) is 6.92 Å². The van der Waals surface area contributed by atoms with Crippen molar-refractivity contribution in [1.29, 1.82) is 0 Å². The fourth-order valence-electron chi connectivity index (χ4n) is 1.55. The van der Waals surface area contributed by atoms with Gasteiger partial charge < -0.3 is 10.1 Å². The van der Waals surface area contributed by atoms with E-state index in [0.29, 0.717) is 24.8 Å². The molecule has 0 radical (unpaired) electrons. The van der Waals surface area contributed by atoms with Crippen molar-refractivity contribution in [3.05, 3.63) is 24.0 Å². The summed E-state index contributed by atoms with van der Waals surface area (Å²) in [6.45, 7) is 3.27. The van der Waals surface area contributed by atoms with Crippen molar-refractivity contribution in [2.75, 3.05) is 36.6 Å². The molecule has 5 nitrogen and oxygen atoms in total. The number of rotatable bonds is 7. The van der Waals surface area contributed by atoms with Crippen LogP contribution in [0.25, 0.3) is 0 Å². The number of methoxy groups -OCH3 is 1. The molecule has 0 heterocycles. The van der Waals surface area contributed by atoms with E-state index in [1.54, 1.807) is 13.2 Å². The van der Waals surface area contributed by atoms with Gasteiger partial charge in [0.05, 0.1) is 18.6 Å². The lowest BCUT2D eigenvalue weighted by Crippen LogP contribution is -2.16. The van der Waals surface area contributed by atoms with Gasteiger partial charge in [-0.2, -0.15) is 0 Å². The maximum atomic E-state index is 13.4. The second kappa shape index (κ2) is 6.72. The minimum Gasteiger partial charge on any atom is -0.385 e. The van der Waals surface area contributed by atoms with Crippen LogP contribution >= 0.6 is 0 Å². The van der Waals surface area contributed by atoms with Crippen LogP contribution in [0.4, 0.5) is 15.8 Å². The molecule has 0 aliphatic heterocycles. The summed E-state index contributed by atoms with van der Waals surface area (Å²) in [6, 6.07) is 4.20. The summed E-state index contributed by atoms with van der Waals surface area (Å²) in [5, 5.41) is 3.10. The molecule has 0 aliphatic carbocycles. The average Bonchev–Trinajstić information content (AvgIpc) is 2.29. The van der Waals surface area contributed by atoms with Crippen LogP contribution < -0.4 is 10.0 Å². The summed E-state index contributed by atoms with van der Waals surface area (Å²) in [5.74, 6) is -0.317. The maximum Gasteiger partial charge on any atom is 0.229 e. The van der Waals surface area contributed by atoms with E-state index in [2.05, 4.69) is 10.0 Å². The van der Waals surface area contributed by atoms with Crippen LogP contribution in [0, 0.1) is 11.7 Å². The third-order valence-electron chi connectivity index (χ3n) is 2.37. The molecule has 0 amide bonds. The number of anilines is 2. The van der Waals surface area contributed by atoms with E-state index in [4.69, 9.17) is 4.74 Å². The zero-order valence-corrected chi connectivity index (χ0v) is 12.1. The van der Waals surface area contributed by atoms with Crippen molar-refractivity contribution in [2.24, 2.45) is 5.92 Å². The van der Waals surface area contributed by atoms with Crippen LogP contribution in [0.1, 0.15) is 6.92 Å². The second-order valence-electron chi connectivity index (χ2n) is 4.51. The topological polar surface area (TPSA) is 67.4 Å². The van der Waals surface area contributed by atoms with Gasteiger partial charge in [0.2, 0.25) is 10.0 Å². The first kappa shape index (κ1) is 15.7. The van der Waals surface area contributed by atoms with Crippen molar-refractivity contribution < 1.29 is 17.5 Å². The molecular formula is C12H19FN2O3S. The molecule has 1 unspecified atom stereocenters. The first-order valence-electron chi connectivity index (χ1n) is 5.82. The van der Waals surface area contributed by atoms with Gasteiger partial charge in [0, 0.05) is 19.3 Å². The Kier molecular flexibility index (Phi) is 5.56. The van der Waals surface area contributed by atoms with E-state index >= 15 is 0 Å². The number of ether oxygens (including phenoxy) is 1. The van der Waals surface area contributed by atoms with Gasteiger partial charge in [0.25, 0.3) is 0 Å². The minimum absolute atomic E-state index is 0.0631. The monoisotopic (exact) mass is 290 g/mol. The Morgan fingerprint density at radius 3 is 2.68 bits per heavy atom. The summed E-state index contributed by atoms with van der Waals surface area (Å²) >= 11 is 0. The predicted molar refractivity (Wildman–Crippen MR) is 74.4 cm³/mol. The highest BCUT2D eigenvalue weighted by molar-refractivity contribution is 7.92. The van der Waals surface area contributed by atoms with Crippen molar-refractivity contribution in [1.82, 2.24) is 0 Å². The van der Waals surface area contributed by atoms with Crippen LogP contribution in [-0.2, 0) is 14.8 Å². The molecule has 0 aliphatic rings. The molecule has 2 N–H and O–H groups in total. The quantitative estimate of drug-likeness (QED) is 0.805. The lowest BCUT2D eigenvalue weighted by Gasteiger charge is -2.14. The van der Waals surface area contributed by atoms with Crippen molar-refractivity contribution >= 4 is 21.4 Å². The predicted octanol–water partition coefficient (Wildman–Crippen LogP) is 1.89. The van der Waals surface area contributed by atoms with E-state index in [-0.39, 0.29) is 5.69 Å². The van der Waals surface area contributed by atoms with Gasteiger partial charge in [-0.1, -0.05) is 6.92 Å². The number of hydrogen-bond donors (Lipinski definition) is 2. The van der Waals surface area contributed by atoms with Crippen LogP contribution in [0.15, 0.2) is 18.2 Å². The Balaban J connectivity index is 2.73. The molecule has 1 aromatic rings. The van der Waals surface area contributed by atoms with Gasteiger partial charge in [0.1, 0.15) is 5.82 Å². The third kappa shape index (κ3) is 5.89. The lowest BCUT2D eigenvalue weighted by molar-refractivity contribution is 0.164. The summed E-state index contributed by atoms with van der Waals surface area (Å²) in [7, 11) is -1.87. The highest BCUT2D eigenvalue weighted by Gasteiger charge is 2.09. The number of halogens is 1. The Morgan fingerprint density at radius 1 is 1.42 bits per heavy atom. The number of sulfonamides is 1. The van der Waals surface area contributed by atoms with E-state index in [1.165, 1.54) is 12.1 Å². The molecule has 7 heteroatoms. The SMILES string of the molecule is COCC(C)CNc1ccc(F)c(NS(C)(=O)=O)c1. The molecule has 0 bridgehead atoms. The number of benzene rings is 1. The molecule has 0 saturated heterocycles. The average molecular weight is 290 g/mol. The fourth-order valence-corrected chi connectivity index (χ4v) is 2.10. The van der Waals surface area contributed by atoms with Crippen LogP contribution in [0.2, 0.25) is 0 Å². The Labute approximate surface area is 113 Å². The maximum absolute atomic E-state index is 13.4. The summed E-state index contributed by atoms with van der Waals surface area (Å²) in [4.78, 5) is 0. The molecule has 0 saturated carbocycles. The Morgan fingerprint density at radius 2 is 2.11 bits per heavy atom. The second-order valence-corrected chi connectivity index (χ2v) is 6.26. The van der Waals surface area contributed by atoms with Crippen LogP contribution in [0.3, 0.4) is 0 Å². The van der Waals surface area contributed by atoms with Gasteiger partial charge in [-0.25, -0.2) is 12.8 Å². The smallest absolute Gasteiger partial charge is 0.229 e. The first-order valence-corrected chi connectivity index (χ1v) is 7.71. The standard InChI is InChI=1S/C12H19FN2O3S/c1-9(8-18-2)7-14-10-4-5-11(13)12(6-10)15-19(3,16)17/h4-6,9,14-15H,7-8H2,1-3H3. The van der Waals surface area contributed by atoms with Gasteiger partial charge >= 0.3 is 0 Å². The third-order valence-corrected chi connectivity index (χ3v) is 2.96. The summed E-state index contributed by atoms with van der Waals surface area (Å²) < 4.78 is 42.8. The van der Waals surface area contributed by atoms with E-state index < -0.39 is 15.8 Å². The highest BCUT2D eigenvalue weighted by atomic mass is 32.2. The molecular weight excluding hydrogens is 271 g/mol. The van der Waals surface area contributed by atoms with Gasteiger partial charge in [0.15, 0.2) is 0 Å². The first-order chi connectivity index (χ1) is 8.81. The highest BCUT2D eigenvalue weighted by Crippen LogP contribution is 2.20. The van der Waals surface area contributed by atoms with Crippen LogP contribution in [-0.4, -0.2) is 34.9 Å². The van der Waals surface area contributed by atoms with Crippen molar-refractivity contribution in [3.8, 4) is 0 Å². The van der Waals surface area contributed by atoms with E-state index in [9.17, 15) is 12.8 Å². The van der Waals surface area contributed by atoms with Crippen LogP contribution in [0.5, 0.6) is 0 Å². The zero-order valence-electron chi connectivity index (χ0n) is 11.2. The molecule has 19 heavy (non-hydrogen) atoms. The van der Waals surface area contributed by atoms with Gasteiger partial charge in [-0.3, -0.25) is 4.72 Å². The lowest BCUT2D eigenvalue weighted by atomic mass is 10.2. The molecule has 0 fully saturated rings. The fraction of sp³-hybridized carbons (Fsp3) is 0.500. The molecule has 108 valence electrons. The molecule has 1 rings (SSSR count). The molecule has 0 spiro atoms. The molecule has 0 aromatic heterocycles. The summed E-state index contributed by atoms with van der Waals surface area (Å²) in [6.07, 6.45) is 0.979. The van der Waals surface area contributed by atoms with E-state index in [0.717, 1.165) is 6.26 Å². The Bertz CT molecular complexity index is 520.